The molecule has 0 spiro atoms. The molecule has 16 heavy (non-hydrogen) atoms. The molecule has 0 aliphatic heterocycles. The van der Waals surface area contributed by atoms with Gasteiger partial charge in [0.2, 0.25) is 0 Å². The van der Waals surface area contributed by atoms with Crippen LogP contribution < -0.4 is 0 Å². The zero-order chi connectivity index (χ0) is 11.9. The molecule has 7 heteroatoms. The maximum atomic E-state index is 10.4. The van der Waals surface area contributed by atoms with E-state index in [9.17, 15) is 8.42 Å². The molecule has 1 aromatic heterocycles. The van der Waals surface area contributed by atoms with E-state index >= 15 is 0 Å². The molecule has 0 unspecified atom stereocenters. The third-order valence-corrected chi connectivity index (χ3v) is 2.32. The lowest BCUT2D eigenvalue weighted by Crippen LogP contribution is -1.96. The second-order valence-electron chi connectivity index (χ2n) is 2.60. The van der Waals surface area contributed by atoms with Gasteiger partial charge in [0, 0.05) is 0 Å². The molecule has 0 amide bonds. The van der Waals surface area contributed by atoms with E-state index in [1.54, 1.807) is 36.7 Å². The molecule has 1 heterocycles. The molecule has 6 nitrogen and oxygen atoms in total. The van der Waals surface area contributed by atoms with Crippen molar-refractivity contribution in [2.24, 2.45) is 0 Å². The van der Waals surface area contributed by atoms with Gasteiger partial charge in [-0.25, -0.2) is 0 Å². The highest BCUT2D eigenvalue weighted by Crippen LogP contribution is 2.05. The summed E-state index contributed by atoms with van der Waals surface area (Å²) in [4.78, 5) is -0.0741. The summed E-state index contributed by atoms with van der Waals surface area (Å²) in [6.07, 6.45) is 3.15. The lowest BCUT2D eigenvalue weighted by Gasteiger charge is -1.92. The van der Waals surface area contributed by atoms with Crippen molar-refractivity contribution in [1.82, 2.24) is 15.4 Å². The molecular weight excluding hydrogens is 230 g/mol. The van der Waals surface area contributed by atoms with Crippen LogP contribution in [-0.4, -0.2) is 28.4 Å². The molecule has 0 radical (unpaired) electrons. The number of rotatable bonds is 1. The molecule has 0 saturated heterocycles. The van der Waals surface area contributed by atoms with E-state index in [4.69, 9.17) is 4.55 Å². The van der Waals surface area contributed by atoms with E-state index in [1.807, 2.05) is 0 Å². The molecular formula is C9H9N3O3S. The average molecular weight is 239 g/mol. The zero-order valence-electron chi connectivity index (χ0n) is 8.13. The van der Waals surface area contributed by atoms with Gasteiger partial charge in [0.05, 0.1) is 17.3 Å². The van der Waals surface area contributed by atoms with Crippen LogP contribution in [0.2, 0.25) is 0 Å². The van der Waals surface area contributed by atoms with Crippen molar-refractivity contribution in [1.29, 1.82) is 0 Å². The first kappa shape index (κ1) is 12.2. The third-order valence-electron chi connectivity index (χ3n) is 1.45. The van der Waals surface area contributed by atoms with Crippen molar-refractivity contribution in [3.8, 4) is 0 Å². The van der Waals surface area contributed by atoms with Gasteiger partial charge in [-0.1, -0.05) is 18.2 Å². The fourth-order valence-corrected chi connectivity index (χ4v) is 1.30. The molecule has 0 aliphatic rings. The highest BCUT2D eigenvalue weighted by molar-refractivity contribution is 7.85. The minimum atomic E-state index is -4.00. The molecule has 1 N–H and O–H groups in total. The van der Waals surface area contributed by atoms with Gasteiger partial charge in [-0.15, -0.1) is 10.2 Å². The second kappa shape index (κ2) is 5.89. The van der Waals surface area contributed by atoms with Crippen molar-refractivity contribution in [3.05, 3.63) is 48.8 Å². The first-order valence-corrected chi connectivity index (χ1v) is 5.65. The number of aromatic nitrogens is 3. The molecule has 0 atom stereocenters. The van der Waals surface area contributed by atoms with Crippen molar-refractivity contribution in [3.63, 3.8) is 0 Å². The van der Waals surface area contributed by atoms with Gasteiger partial charge in [-0.05, 0) is 23.4 Å². The summed E-state index contributed by atoms with van der Waals surface area (Å²) < 4.78 is 29.2. The Labute approximate surface area is 92.7 Å². The molecule has 2 aromatic rings. The highest BCUT2D eigenvalue weighted by Gasteiger charge is 2.05. The summed E-state index contributed by atoms with van der Waals surface area (Å²) in [7, 11) is -4.00. The van der Waals surface area contributed by atoms with Gasteiger partial charge >= 0.3 is 0 Å². The summed E-state index contributed by atoms with van der Waals surface area (Å²) in [5, 5.41) is 10.1. The van der Waals surface area contributed by atoms with Crippen molar-refractivity contribution >= 4 is 10.1 Å². The van der Waals surface area contributed by atoms with Crippen molar-refractivity contribution in [2.45, 2.75) is 4.90 Å². The predicted molar refractivity (Wildman–Crippen MR) is 56.1 cm³/mol. The van der Waals surface area contributed by atoms with E-state index in [2.05, 4.69) is 15.4 Å². The third kappa shape index (κ3) is 4.58. The molecule has 0 saturated carbocycles. The maximum absolute atomic E-state index is 10.4. The van der Waals surface area contributed by atoms with Crippen molar-refractivity contribution < 1.29 is 13.0 Å². The van der Waals surface area contributed by atoms with Gasteiger partial charge in [0.1, 0.15) is 0 Å². The Kier molecular flexibility index (Phi) is 4.49. The van der Waals surface area contributed by atoms with Crippen LogP contribution in [0.4, 0.5) is 0 Å². The van der Waals surface area contributed by atoms with E-state index in [0.717, 1.165) is 0 Å². The molecule has 2 rings (SSSR count). The Morgan fingerprint density at radius 2 is 1.50 bits per heavy atom. The number of benzene rings is 1. The summed E-state index contributed by atoms with van der Waals surface area (Å²) in [6.45, 7) is 0. The molecule has 0 bridgehead atoms. The first-order chi connectivity index (χ1) is 7.61. The van der Waals surface area contributed by atoms with E-state index in [-0.39, 0.29) is 4.90 Å². The molecule has 0 aliphatic carbocycles. The maximum Gasteiger partial charge on any atom is 0.294 e. The fraction of sp³-hybridized carbons (Fsp3) is 0. The Balaban J connectivity index is 0.000000181. The highest BCUT2D eigenvalue weighted by atomic mass is 32.2. The lowest BCUT2D eigenvalue weighted by molar-refractivity contribution is 0.483. The van der Waals surface area contributed by atoms with Crippen LogP contribution >= 0.6 is 0 Å². The van der Waals surface area contributed by atoms with E-state index < -0.39 is 10.1 Å². The first-order valence-electron chi connectivity index (χ1n) is 4.21. The fourth-order valence-electron chi connectivity index (χ4n) is 0.797. The van der Waals surface area contributed by atoms with Crippen LogP contribution in [0.25, 0.3) is 0 Å². The second-order valence-corrected chi connectivity index (χ2v) is 4.02. The van der Waals surface area contributed by atoms with Crippen molar-refractivity contribution in [2.75, 3.05) is 0 Å². The Bertz CT molecular complexity index is 475. The van der Waals surface area contributed by atoms with Crippen LogP contribution in [0.1, 0.15) is 0 Å². The number of hydrogen-bond donors (Lipinski definition) is 1. The SMILES string of the molecule is O=S(=O)(O)c1ccccc1.c1cnnnc1. The zero-order valence-corrected chi connectivity index (χ0v) is 8.95. The van der Waals surface area contributed by atoms with Crippen LogP contribution in [0.5, 0.6) is 0 Å². The van der Waals surface area contributed by atoms with E-state index in [0.29, 0.717) is 0 Å². The van der Waals surface area contributed by atoms with Gasteiger partial charge in [-0.2, -0.15) is 8.42 Å². The van der Waals surface area contributed by atoms with Gasteiger partial charge in [0.15, 0.2) is 0 Å². The summed E-state index contributed by atoms with van der Waals surface area (Å²) >= 11 is 0. The number of nitrogens with zero attached hydrogens (tertiary/aromatic N) is 3. The van der Waals surface area contributed by atoms with Gasteiger partial charge in [-0.3, -0.25) is 4.55 Å². The molecule has 1 aromatic carbocycles. The lowest BCUT2D eigenvalue weighted by atomic mass is 10.4. The normalized spacial score (nSPS) is 10.1. The van der Waals surface area contributed by atoms with Crippen LogP contribution in [0.15, 0.2) is 53.7 Å². The Hall–Kier alpha value is -1.86. The van der Waals surface area contributed by atoms with Gasteiger partial charge < -0.3 is 0 Å². The van der Waals surface area contributed by atoms with Crippen LogP contribution in [0, 0.1) is 0 Å². The monoisotopic (exact) mass is 239 g/mol. The summed E-state index contributed by atoms with van der Waals surface area (Å²) in [6, 6.07) is 9.14. The summed E-state index contributed by atoms with van der Waals surface area (Å²) in [5.41, 5.74) is 0. The van der Waals surface area contributed by atoms with E-state index in [1.165, 1.54) is 12.1 Å². The Morgan fingerprint density at radius 1 is 0.938 bits per heavy atom. The molecule has 0 fully saturated rings. The molecule has 84 valence electrons. The minimum absolute atomic E-state index is 0.0741. The quantitative estimate of drug-likeness (QED) is 0.740. The smallest absolute Gasteiger partial charge is 0.282 e. The summed E-state index contributed by atoms with van der Waals surface area (Å²) in [5.74, 6) is 0. The van der Waals surface area contributed by atoms with Crippen LogP contribution in [0.3, 0.4) is 0 Å². The minimum Gasteiger partial charge on any atom is -0.282 e. The number of hydrogen-bond acceptors (Lipinski definition) is 5. The topological polar surface area (TPSA) is 93.0 Å². The average Bonchev–Trinajstić information content (AvgIpc) is 2.32. The largest absolute Gasteiger partial charge is 0.294 e. The predicted octanol–water partition coefficient (Wildman–Crippen LogP) is 0.805. The standard InChI is InChI=1S/C6H6O3S.C3H3N3/c7-10(8,9)6-4-2-1-3-5-6;1-2-4-6-5-3-1/h1-5H,(H,7,8,9);1-3H. The Morgan fingerprint density at radius 3 is 1.75 bits per heavy atom. The van der Waals surface area contributed by atoms with Gasteiger partial charge in [0.25, 0.3) is 10.1 Å². The van der Waals surface area contributed by atoms with Crippen LogP contribution in [-0.2, 0) is 10.1 Å².